The van der Waals surface area contributed by atoms with Gasteiger partial charge >= 0.3 is 0 Å². The van der Waals surface area contributed by atoms with Gasteiger partial charge in [-0.25, -0.2) is 0 Å². The van der Waals surface area contributed by atoms with Crippen LogP contribution in [0.3, 0.4) is 0 Å². The maximum atomic E-state index is 5.83. The fraction of sp³-hybridized carbons (Fsp3) is 0.0407. The number of aromatic nitrogens is 11. The number of furan rings is 1. The van der Waals surface area contributed by atoms with Gasteiger partial charge in [-0.05, 0) is 174 Å². The Morgan fingerprint density at radius 1 is 0.245 bits per heavy atom. The summed E-state index contributed by atoms with van der Waals surface area (Å²) in [5, 5.41) is 9.79. The van der Waals surface area contributed by atoms with E-state index < -0.39 is 0 Å². The zero-order valence-corrected chi connectivity index (χ0v) is 85.5. The van der Waals surface area contributed by atoms with E-state index in [0.29, 0.717) is 5.92 Å². The van der Waals surface area contributed by atoms with Gasteiger partial charge < -0.3 is 58.0 Å². The third kappa shape index (κ3) is 24.8. The molecule has 0 spiro atoms. The molecule has 686 valence electrons. The van der Waals surface area contributed by atoms with Crippen LogP contribution in [-0.4, -0.2) is 53.6 Å². The second kappa shape index (κ2) is 50.1. The molecule has 0 aliphatic carbocycles. The molecule has 12 nitrogen and oxygen atoms in total. The SMILES string of the molecule is CC(C)Cn1c2c[c-]c(-c3ccccn3)cc2c2ccccc21.Cn1c2c[c-]c(-c3ccccn3)cc2c2ccccc21.[Ir].[Ir].[Ir].[Ir].[c-]1c(-c2ccccn2)ccc2c1oc1ccccc12.[c-]1cc2c(cc1-c1ccccn1)c1ccccc1n2-c1ccccc1.[c-]1ccccc1-c1ccccn1.[c-]1ccccc1-c1ccccn1.[c-]1ccccc1-c1ccccn1.[c-]1ccccc1-c1ccccn1. The molecule has 25 aromatic rings. The number of fused-ring (bicyclic) bond motifs is 12. The smallest absolute Gasteiger partial charge is 0.123 e. The number of para-hydroxylation sites is 5. The molecule has 16 heteroatoms. The molecule has 12 heterocycles. The first-order valence-corrected chi connectivity index (χ1v) is 44.6. The molecule has 12 aromatic heterocycles. The second-order valence-electron chi connectivity index (χ2n) is 31.8. The summed E-state index contributed by atoms with van der Waals surface area (Å²) in [4.78, 5) is 34.5. The van der Waals surface area contributed by atoms with Gasteiger partial charge in [0.1, 0.15) is 5.58 Å². The van der Waals surface area contributed by atoms with Crippen molar-refractivity contribution in [2.75, 3.05) is 0 Å². The zero-order valence-electron chi connectivity index (χ0n) is 75.9. The van der Waals surface area contributed by atoms with Gasteiger partial charge in [0, 0.05) is 166 Å². The van der Waals surface area contributed by atoms with Crippen molar-refractivity contribution >= 4 is 87.4 Å². The number of hydrogen-bond donors (Lipinski definition) is 0. The van der Waals surface area contributed by atoms with Gasteiger partial charge in [0.05, 0.1) is 5.58 Å². The first kappa shape index (κ1) is 99.8. The van der Waals surface area contributed by atoms with Gasteiger partial charge in [0.15, 0.2) is 0 Å². The van der Waals surface area contributed by atoms with Gasteiger partial charge in [-0.2, -0.15) is 0 Å². The Hall–Kier alpha value is -15.1. The molecule has 25 rings (SSSR count). The molecule has 0 atom stereocenters. The Kier molecular flexibility index (Phi) is 36.0. The maximum Gasteiger partial charge on any atom is 0.123 e. The number of nitrogens with zero attached hydrogens (tertiary/aromatic N) is 11. The van der Waals surface area contributed by atoms with Crippen LogP contribution in [-0.2, 0) is 94.0 Å². The van der Waals surface area contributed by atoms with E-state index in [4.69, 9.17) is 4.42 Å². The van der Waals surface area contributed by atoms with Gasteiger partial charge in [-0.1, -0.05) is 230 Å². The Bertz CT molecular complexity index is 7620. The zero-order chi connectivity index (χ0) is 91.5. The molecule has 0 saturated carbocycles. The van der Waals surface area contributed by atoms with E-state index in [-0.39, 0.29) is 80.4 Å². The molecule has 0 saturated heterocycles. The molecule has 0 fully saturated rings. The minimum Gasteiger partial charge on any atom is -0.477 e. The minimum atomic E-state index is 0. The molecule has 4 radical (unpaired) electrons. The van der Waals surface area contributed by atoms with Gasteiger partial charge in [0.2, 0.25) is 0 Å². The number of pyridine rings is 8. The molecule has 0 amide bonds. The Morgan fingerprint density at radius 3 is 0.942 bits per heavy atom. The monoisotopic (exact) mass is 2510 g/mol. The van der Waals surface area contributed by atoms with E-state index in [1.165, 1.54) is 59.9 Å². The molecule has 0 bridgehead atoms. The topological polar surface area (TPSA) is 131 Å². The largest absolute Gasteiger partial charge is 0.477 e. The predicted molar refractivity (Wildman–Crippen MR) is 552 cm³/mol. The van der Waals surface area contributed by atoms with Crippen molar-refractivity contribution in [3.8, 4) is 95.7 Å². The van der Waals surface area contributed by atoms with Crippen molar-refractivity contribution in [2.45, 2.75) is 20.4 Å². The van der Waals surface area contributed by atoms with Crippen LogP contribution in [0.15, 0.2) is 473 Å². The Morgan fingerprint density at radius 2 is 0.554 bits per heavy atom. The summed E-state index contributed by atoms with van der Waals surface area (Å²) in [5.74, 6) is 0.601. The minimum absolute atomic E-state index is 0. The second-order valence-corrected chi connectivity index (χ2v) is 31.8. The molecule has 139 heavy (non-hydrogen) atoms. The van der Waals surface area contributed by atoms with Crippen molar-refractivity contribution < 1.29 is 84.8 Å². The standard InChI is InChI=1S/C23H15N2.C21H19N2.C18H13N2.C17H10NO.4C11H8N.4Ir/c1-2-8-18(9-3-1)25-22-12-5-4-10-19(22)20-16-17(13-14-23(20)25)21-11-6-7-15-24-21;1-15(2)14-23-20-9-4-3-7-17(20)18-13-16(10-11-21(18)23)19-8-5-6-12-22-19;1-20-17-8-3-2-6-14(17)15-12-13(9-10-18(15)20)16-7-4-5-11-19-16;1-2-7-16-13(5-1)14-9-8-12(11-17(14)19-16)15-6-3-4-10-18-15;4*1-2-6-10(7-3-1)11-8-4-5-9-12-11;;;;/h1-12,14-16H;3-9,11-13,15H,14H2,1-2H3;2-8,10-12H,1H3;1-10H;4*1-6,8-9H;;;;/q8*-1;;;;. The summed E-state index contributed by atoms with van der Waals surface area (Å²) in [6.07, 6.45) is 14.4. The number of hydrogen-bond acceptors (Lipinski definition) is 9. The quantitative estimate of drug-likeness (QED) is 0.116. The maximum absolute atomic E-state index is 5.83. The van der Waals surface area contributed by atoms with Crippen LogP contribution < -0.4 is 0 Å². The van der Waals surface area contributed by atoms with Crippen LogP contribution in [0.2, 0.25) is 0 Å². The van der Waals surface area contributed by atoms with E-state index in [1.54, 1.807) is 31.0 Å². The molecule has 0 aliphatic rings. The van der Waals surface area contributed by atoms with Crippen molar-refractivity contribution in [1.82, 2.24) is 53.6 Å². The molecular weight excluding hydrogens is 2420 g/mol. The first-order valence-electron chi connectivity index (χ1n) is 44.6. The van der Waals surface area contributed by atoms with Crippen LogP contribution in [0.1, 0.15) is 13.8 Å². The third-order valence-corrected chi connectivity index (χ3v) is 22.4. The summed E-state index contributed by atoms with van der Waals surface area (Å²) in [7, 11) is 2.10. The molecule has 0 unspecified atom stereocenters. The average molecular weight is 2510 g/mol. The number of benzene rings is 13. The Balaban J connectivity index is 0.000000128. The summed E-state index contributed by atoms with van der Waals surface area (Å²) < 4.78 is 12.7. The average Bonchev–Trinajstić information content (AvgIpc) is 1.59. The van der Waals surface area contributed by atoms with Crippen molar-refractivity contribution in [2.24, 2.45) is 13.0 Å². The number of aryl methyl sites for hydroxylation is 1. The summed E-state index contributed by atoms with van der Waals surface area (Å²) >= 11 is 0. The van der Waals surface area contributed by atoms with E-state index in [1.807, 2.05) is 292 Å². The first-order chi connectivity index (χ1) is 66.8. The van der Waals surface area contributed by atoms with Crippen LogP contribution in [0.25, 0.3) is 183 Å². The summed E-state index contributed by atoms with van der Waals surface area (Å²) in [5.41, 5.74) is 26.1. The summed E-state index contributed by atoms with van der Waals surface area (Å²) in [6, 6.07) is 166. The van der Waals surface area contributed by atoms with Crippen molar-refractivity contribution in [3.05, 3.63) is 517 Å². The summed E-state index contributed by atoms with van der Waals surface area (Å²) in [6.45, 7) is 5.53. The van der Waals surface area contributed by atoms with Gasteiger partial charge in [-0.15, -0.1) is 233 Å². The van der Waals surface area contributed by atoms with Crippen LogP contribution >= 0.6 is 0 Å². The predicted octanol–water partition coefficient (Wildman–Crippen LogP) is 29.8. The normalized spacial score (nSPS) is 10.4. The molecular formula is C123H89Ir4N11O-8. The van der Waals surface area contributed by atoms with Crippen molar-refractivity contribution in [3.63, 3.8) is 0 Å². The van der Waals surface area contributed by atoms with Crippen LogP contribution in [0, 0.1) is 54.4 Å². The Labute approximate surface area is 863 Å². The van der Waals surface area contributed by atoms with Crippen molar-refractivity contribution in [1.29, 1.82) is 0 Å². The molecule has 0 N–H and O–H groups in total. The third-order valence-electron chi connectivity index (χ3n) is 22.4. The fourth-order valence-corrected chi connectivity index (χ4v) is 16.1. The van der Waals surface area contributed by atoms with E-state index in [0.717, 1.165) is 130 Å². The van der Waals surface area contributed by atoms with Crippen LogP contribution in [0.5, 0.6) is 0 Å². The number of rotatable bonds is 11. The van der Waals surface area contributed by atoms with E-state index in [9.17, 15) is 0 Å². The fourth-order valence-electron chi connectivity index (χ4n) is 16.1. The molecule has 13 aromatic carbocycles. The van der Waals surface area contributed by atoms with Gasteiger partial charge in [0.25, 0.3) is 0 Å². The van der Waals surface area contributed by atoms with Gasteiger partial charge in [-0.3, -0.25) is 0 Å². The van der Waals surface area contributed by atoms with E-state index >= 15 is 0 Å². The van der Waals surface area contributed by atoms with E-state index in [2.05, 4.69) is 269 Å². The van der Waals surface area contributed by atoms with Crippen LogP contribution in [0.4, 0.5) is 0 Å². The molecule has 0 aliphatic heterocycles.